The Morgan fingerprint density at radius 1 is 1.00 bits per heavy atom. The Labute approximate surface area is 171 Å². The van der Waals surface area contributed by atoms with Gasteiger partial charge in [0.2, 0.25) is 0 Å². The highest BCUT2D eigenvalue weighted by molar-refractivity contribution is 6.01. The zero-order chi connectivity index (χ0) is 21.9. The van der Waals surface area contributed by atoms with Gasteiger partial charge >= 0.3 is 12.4 Å². The monoisotopic (exact) mass is 418 g/mol. The molecule has 2 amide bonds. The maximum Gasteiger partial charge on any atom is 0.573 e. The van der Waals surface area contributed by atoms with E-state index in [1.54, 1.807) is 12.1 Å². The Kier molecular flexibility index (Phi) is 6.00. The third-order valence-corrected chi connectivity index (χ3v) is 4.41. The summed E-state index contributed by atoms with van der Waals surface area (Å²) in [5, 5.41) is 6.11. The van der Waals surface area contributed by atoms with Gasteiger partial charge in [0.1, 0.15) is 11.6 Å². The van der Waals surface area contributed by atoms with Gasteiger partial charge in [-0.2, -0.15) is 0 Å². The van der Waals surface area contributed by atoms with E-state index < -0.39 is 12.4 Å². The maximum absolute atomic E-state index is 12.2. The van der Waals surface area contributed by atoms with E-state index in [0.717, 1.165) is 28.9 Å². The minimum absolute atomic E-state index is 0.314. The molecule has 0 radical (unpaired) electrons. The Morgan fingerprint density at radius 2 is 1.63 bits per heavy atom. The standard InChI is InChI=1S/C21H21F3N4O2/c1-13(2)28(3)19-11-4-14-12-16(7-10-18(14)27-19)26-20(29)25-15-5-8-17(9-6-15)30-21(22,23)24/h4-13H,1-3H3,(H2,25,26,29). The summed E-state index contributed by atoms with van der Waals surface area (Å²) in [4.78, 5) is 18.9. The first-order valence-corrected chi connectivity index (χ1v) is 9.18. The molecule has 0 fully saturated rings. The predicted molar refractivity (Wildman–Crippen MR) is 111 cm³/mol. The number of fused-ring (bicyclic) bond motifs is 1. The van der Waals surface area contributed by atoms with Crippen LogP contribution in [0.2, 0.25) is 0 Å². The summed E-state index contributed by atoms with van der Waals surface area (Å²) < 4.78 is 40.4. The minimum atomic E-state index is -4.76. The first-order chi connectivity index (χ1) is 14.1. The van der Waals surface area contributed by atoms with E-state index >= 15 is 0 Å². The van der Waals surface area contributed by atoms with Crippen molar-refractivity contribution in [3.63, 3.8) is 0 Å². The van der Waals surface area contributed by atoms with Gasteiger partial charge in [-0.15, -0.1) is 13.2 Å². The molecular weight excluding hydrogens is 397 g/mol. The number of amides is 2. The molecular formula is C21H21F3N4O2. The second-order valence-electron chi connectivity index (χ2n) is 6.93. The molecule has 0 saturated carbocycles. The summed E-state index contributed by atoms with van der Waals surface area (Å²) in [6.07, 6.45) is -4.76. The lowest BCUT2D eigenvalue weighted by molar-refractivity contribution is -0.274. The highest BCUT2D eigenvalue weighted by Crippen LogP contribution is 2.25. The van der Waals surface area contributed by atoms with Crippen molar-refractivity contribution in [2.75, 3.05) is 22.6 Å². The number of carbonyl (C=O) groups excluding carboxylic acids is 1. The van der Waals surface area contributed by atoms with Gasteiger partial charge in [0.15, 0.2) is 0 Å². The third kappa shape index (κ3) is 5.53. The van der Waals surface area contributed by atoms with Crippen LogP contribution in [-0.4, -0.2) is 30.5 Å². The molecule has 6 nitrogen and oxygen atoms in total. The van der Waals surface area contributed by atoms with Gasteiger partial charge in [-0.1, -0.05) is 0 Å². The van der Waals surface area contributed by atoms with Crippen LogP contribution in [0.3, 0.4) is 0 Å². The van der Waals surface area contributed by atoms with Gasteiger partial charge in [0, 0.05) is 29.9 Å². The van der Waals surface area contributed by atoms with Crippen molar-refractivity contribution in [2.24, 2.45) is 0 Å². The summed E-state index contributed by atoms with van der Waals surface area (Å²) >= 11 is 0. The van der Waals surface area contributed by atoms with Gasteiger partial charge < -0.3 is 20.3 Å². The van der Waals surface area contributed by atoms with Crippen molar-refractivity contribution < 1.29 is 22.7 Å². The quantitative estimate of drug-likeness (QED) is 0.564. The number of alkyl halides is 3. The van der Waals surface area contributed by atoms with Crippen LogP contribution >= 0.6 is 0 Å². The molecule has 0 atom stereocenters. The number of ether oxygens (including phenoxy) is 1. The number of aromatic nitrogens is 1. The number of benzene rings is 2. The Hall–Kier alpha value is -3.49. The van der Waals surface area contributed by atoms with Crippen LogP contribution in [0.25, 0.3) is 10.9 Å². The summed E-state index contributed by atoms with van der Waals surface area (Å²) in [6.45, 7) is 4.16. The molecule has 2 aromatic carbocycles. The second kappa shape index (κ2) is 8.48. The highest BCUT2D eigenvalue weighted by Gasteiger charge is 2.30. The fourth-order valence-corrected chi connectivity index (χ4v) is 2.69. The highest BCUT2D eigenvalue weighted by atomic mass is 19.4. The average molecular weight is 418 g/mol. The molecule has 158 valence electrons. The van der Waals surface area contributed by atoms with Crippen LogP contribution in [0.15, 0.2) is 54.6 Å². The fourth-order valence-electron chi connectivity index (χ4n) is 2.69. The lowest BCUT2D eigenvalue weighted by Gasteiger charge is -2.22. The third-order valence-electron chi connectivity index (χ3n) is 4.41. The SMILES string of the molecule is CC(C)N(C)c1ccc2cc(NC(=O)Nc3ccc(OC(F)(F)F)cc3)ccc2n1. The van der Waals surface area contributed by atoms with Crippen LogP contribution in [0.4, 0.5) is 35.2 Å². The zero-order valence-electron chi connectivity index (χ0n) is 16.6. The van der Waals surface area contributed by atoms with E-state index in [9.17, 15) is 18.0 Å². The van der Waals surface area contributed by atoms with Crippen molar-refractivity contribution in [1.29, 1.82) is 0 Å². The second-order valence-corrected chi connectivity index (χ2v) is 6.93. The van der Waals surface area contributed by atoms with E-state index in [2.05, 4.69) is 39.1 Å². The van der Waals surface area contributed by atoms with Crippen LogP contribution in [0, 0.1) is 0 Å². The van der Waals surface area contributed by atoms with Crippen LogP contribution in [0.1, 0.15) is 13.8 Å². The average Bonchev–Trinajstić information content (AvgIpc) is 2.67. The van der Waals surface area contributed by atoms with Crippen LogP contribution < -0.4 is 20.3 Å². The van der Waals surface area contributed by atoms with Gasteiger partial charge in [-0.3, -0.25) is 0 Å². The number of rotatable bonds is 5. The molecule has 9 heteroatoms. The molecule has 1 heterocycles. The number of nitrogens with zero attached hydrogens (tertiary/aromatic N) is 2. The van der Waals surface area contributed by atoms with Crippen LogP contribution in [-0.2, 0) is 0 Å². The number of nitrogens with one attached hydrogen (secondary N) is 2. The Balaban J connectivity index is 1.65. The molecule has 30 heavy (non-hydrogen) atoms. The minimum Gasteiger partial charge on any atom is -0.406 e. The van der Waals surface area contributed by atoms with E-state index in [0.29, 0.717) is 17.4 Å². The van der Waals surface area contributed by atoms with Gasteiger partial charge in [0.25, 0.3) is 0 Å². The molecule has 1 aromatic heterocycles. The largest absolute Gasteiger partial charge is 0.573 e. The lowest BCUT2D eigenvalue weighted by atomic mass is 10.2. The number of halogens is 3. The molecule has 0 unspecified atom stereocenters. The molecule has 0 saturated heterocycles. The van der Waals surface area contributed by atoms with Gasteiger partial charge in [0.05, 0.1) is 5.52 Å². The molecule has 2 N–H and O–H groups in total. The van der Waals surface area contributed by atoms with Gasteiger partial charge in [-0.05, 0) is 68.4 Å². The molecule has 3 rings (SSSR count). The Morgan fingerprint density at radius 3 is 2.27 bits per heavy atom. The van der Waals surface area contributed by atoms with E-state index in [1.165, 1.54) is 12.1 Å². The van der Waals surface area contributed by atoms with E-state index in [4.69, 9.17) is 0 Å². The predicted octanol–water partition coefficient (Wildman–Crippen LogP) is 5.62. The molecule has 3 aromatic rings. The van der Waals surface area contributed by atoms with Crippen molar-refractivity contribution in [3.8, 4) is 5.75 Å². The van der Waals surface area contributed by atoms with Crippen molar-refractivity contribution >= 4 is 34.1 Å². The molecule has 0 spiro atoms. The lowest BCUT2D eigenvalue weighted by Crippen LogP contribution is -2.26. The molecule has 0 aliphatic heterocycles. The van der Waals surface area contributed by atoms with Crippen LogP contribution in [0.5, 0.6) is 5.75 Å². The van der Waals surface area contributed by atoms with Crippen molar-refractivity contribution in [1.82, 2.24) is 4.98 Å². The number of hydrogen-bond donors (Lipinski definition) is 2. The fraction of sp³-hybridized carbons (Fsp3) is 0.238. The number of hydrogen-bond acceptors (Lipinski definition) is 4. The molecule has 0 bridgehead atoms. The zero-order valence-corrected chi connectivity index (χ0v) is 16.6. The van der Waals surface area contributed by atoms with Crippen molar-refractivity contribution in [2.45, 2.75) is 26.3 Å². The smallest absolute Gasteiger partial charge is 0.406 e. The Bertz CT molecular complexity index is 1040. The topological polar surface area (TPSA) is 66.5 Å². The van der Waals surface area contributed by atoms with Gasteiger partial charge in [-0.25, -0.2) is 9.78 Å². The number of anilines is 3. The number of carbonyl (C=O) groups is 1. The first-order valence-electron chi connectivity index (χ1n) is 9.18. The molecule has 0 aliphatic carbocycles. The summed E-state index contributed by atoms with van der Waals surface area (Å²) in [7, 11) is 1.97. The van der Waals surface area contributed by atoms with E-state index in [1.807, 2.05) is 25.2 Å². The van der Waals surface area contributed by atoms with E-state index in [-0.39, 0.29) is 5.75 Å². The number of urea groups is 1. The summed E-state index contributed by atoms with van der Waals surface area (Å²) in [6, 6.07) is 13.8. The summed E-state index contributed by atoms with van der Waals surface area (Å²) in [5.41, 5.74) is 1.68. The molecule has 0 aliphatic rings. The van der Waals surface area contributed by atoms with Crippen molar-refractivity contribution in [3.05, 3.63) is 54.6 Å². The normalized spacial score (nSPS) is 11.4. The number of pyridine rings is 1. The first kappa shape index (κ1) is 21.2. The maximum atomic E-state index is 12.2. The summed E-state index contributed by atoms with van der Waals surface area (Å²) in [5.74, 6) is 0.492.